The van der Waals surface area contributed by atoms with E-state index in [1.54, 1.807) is 12.1 Å². The van der Waals surface area contributed by atoms with E-state index in [0.29, 0.717) is 17.5 Å². The van der Waals surface area contributed by atoms with Crippen LogP contribution in [0.2, 0.25) is 5.02 Å². The molecule has 0 aromatic heterocycles. The molecule has 0 unspecified atom stereocenters. The summed E-state index contributed by atoms with van der Waals surface area (Å²) in [5, 5.41) is 15.1. The van der Waals surface area contributed by atoms with E-state index in [1.165, 1.54) is 12.1 Å². The van der Waals surface area contributed by atoms with E-state index >= 15 is 0 Å². The first kappa shape index (κ1) is 17.6. The fraction of sp³-hybridized carbons (Fsp3) is 0.316. The van der Waals surface area contributed by atoms with Crippen molar-refractivity contribution in [3.05, 3.63) is 63.2 Å². The number of anilines is 2. The molecule has 2 heterocycles. The van der Waals surface area contributed by atoms with Crippen LogP contribution in [-0.2, 0) is 4.74 Å². The number of nitro groups is 1. The van der Waals surface area contributed by atoms with Crippen molar-refractivity contribution >= 4 is 34.6 Å². The number of hydrogen-bond acceptors (Lipinski definition) is 6. The zero-order valence-electron chi connectivity index (χ0n) is 14.9. The van der Waals surface area contributed by atoms with Crippen LogP contribution in [0.3, 0.4) is 0 Å². The highest BCUT2D eigenvalue weighted by atomic mass is 35.5. The summed E-state index contributed by atoms with van der Waals surface area (Å²) >= 11 is 6.19. The van der Waals surface area contributed by atoms with Crippen LogP contribution in [0.15, 0.2) is 47.5 Å². The maximum absolute atomic E-state index is 11.0. The lowest BCUT2D eigenvalue weighted by Crippen LogP contribution is -2.49. The van der Waals surface area contributed by atoms with Gasteiger partial charge in [-0.2, -0.15) is 0 Å². The number of hydrogen-bond donors (Lipinski definition) is 1. The molecule has 0 saturated heterocycles. The molecule has 3 atom stereocenters. The molecule has 2 aliphatic heterocycles. The number of likely N-dealkylation sites (N-methyl/N-ethyl adjacent to an activating group) is 1. The Morgan fingerprint density at radius 2 is 2.04 bits per heavy atom. The summed E-state index contributed by atoms with van der Waals surface area (Å²) in [6.45, 7) is 2.42. The van der Waals surface area contributed by atoms with Gasteiger partial charge in [0.2, 0.25) is 0 Å². The summed E-state index contributed by atoms with van der Waals surface area (Å²) < 4.78 is 5.83. The number of nitro benzene ring substituents is 1. The first-order valence-electron chi connectivity index (χ1n) is 8.73. The van der Waals surface area contributed by atoms with Gasteiger partial charge in [0, 0.05) is 24.2 Å². The van der Waals surface area contributed by atoms with Crippen LogP contribution in [-0.4, -0.2) is 36.7 Å². The molecule has 4 rings (SSSR count). The fourth-order valence-electron chi connectivity index (χ4n) is 3.83. The molecule has 8 heteroatoms. The summed E-state index contributed by atoms with van der Waals surface area (Å²) in [5.74, 6) is 0.500. The average molecular weight is 387 g/mol. The van der Waals surface area contributed by atoms with Gasteiger partial charge in [-0.1, -0.05) is 23.7 Å². The summed E-state index contributed by atoms with van der Waals surface area (Å²) in [6, 6.07) is 12.3. The lowest BCUT2D eigenvalue weighted by molar-refractivity contribution is -0.384. The van der Waals surface area contributed by atoms with Crippen molar-refractivity contribution in [1.29, 1.82) is 0 Å². The smallest absolute Gasteiger partial charge is 0.269 e. The van der Waals surface area contributed by atoms with Crippen molar-refractivity contribution in [2.45, 2.75) is 25.0 Å². The normalized spacial score (nSPS) is 23.1. The molecule has 0 spiro atoms. The quantitative estimate of drug-likeness (QED) is 0.636. The third-order valence-corrected chi connectivity index (χ3v) is 5.28. The van der Waals surface area contributed by atoms with Crippen molar-refractivity contribution in [3.63, 3.8) is 0 Å². The van der Waals surface area contributed by atoms with Gasteiger partial charge in [0.05, 0.1) is 34.9 Å². The number of aliphatic imine (C=N–C) groups is 1. The summed E-state index contributed by atoms with van der Waals surface area (Å²) in [5.41, 5.74) is 2.95. The van der Waals surface area contributed by atoms with Crippen LogP contribution >= 0.6 is 11.6 Å². The van der Waals surface area contributed by atoms with E-state index in [1.807, 2.05) is 32.2 Å². The Kier molecular flexibility index (Phi) is 4.39. The van der Waals surface area contributed by atoms with Gasteiger partial charge in [-0.3, -0.25) is 10.1 Å². The standard InChI is InChI=1S/C19H19ClN4O3/c1-3-27-19-16(11-4-7-13(8-5-11)24(25)26)17-18(22-19)21-14-9-6-12(20)10-15(14)23(17)2/h4-10,16-18,21H,3H2,1-2H3/t16-,17-,18-/m0/s1. The molecule has 1 N–H and O–H groups in total. The molecule has 0 fully saturated rings. The van der Waals surface area contributed by atoms with Gasteiger partial charge in [-0.15, -0.1) is 0 Å². The van der Waals surface area contributed by atoms with Crippen LogP contribution in [0.4, 0.5) is 17.1 Å². The van der Waals surface area contributed by atoms with Crippen LogP contribution in [0.1, 0.15) is 18.4 Å². The molecule has 2 aromatic carbocycles. The number of rotatable bonds is 3. The minimum atomic E-state index is -0.398. The number of nitrogens with zero attached hydrogens (tertiary/aromatic N) is 3. The van der Waals surface area contributed by atoms with Crippen molar-refractivity contribution in [2.24, 2.45) is 4.99 Å². The Hall–Kier alpha value is -2.80. The third kappa shape index (κ3) is 2.98. The predicted molar refractivity (Wildman–Crippen MR) is 106 cm³/mol. The van der Waals surface area contributed by atoms with E-state index in [4.69, 9.17) is 21.3 Å². The highest BCUT2D eigenvalue weighted by molar-refractivity contribution is 6.31. The lowest BCUT2D eigenvalue weighted by atomic mass is 9.89. The van der Waals surface area contributed by atoms with Crippen LogP contribution in [0, 0.1) is 10.1 Å². The third-order valence-electron chi connectivity index (χ3n) is 5.04. The van der Waals surface area contributed by atoms with Gasteiger partial charge in [0.25, 0.3) is 5.69 Å². The number of nitrogens with one attached hydrogen (secondary N) is 1. The highest BCUT2D eigenvalue weighted by Crippen LogP contribution is 2.43. The van der Waals surface area contributed by atoms with Gasteiger partial charge < -0.3 is 15.0 Å². The minimum absolute atomic E-state index is 0.0287. The van der Waals surface area contributed by atoms with Crippen molar-refractivity contribution in [3.8, 4) is 0 Å². The first-order chi connectivity index (χ1) is 13.0. The van der Waals surface area contributed by atoms with Gasteiger partial charge in [0.1, 0.15) is 6.17 Å². The molecule has 2 aliphatic rings. The molecule has 0 saturated carbocycles. The zero-order chi connectivity index (χ0) is 19.1. The van der Waals surface area contributed by atoms with E-state index < -0.39 is 4.92 Å². The Balaban J connectivity index is 1.75. The molecular weight excluding hydrogens is 368 g/mol. The maximum atomic E-state index is 11.0. The van der Waals surface area contributed by atoms with Gasteiger partial charge in [-0.25, -0.2) is 4.99 Å². The Bertz CT molecular complexity index is 916. The van der Waals surface area contributed by atoms with E-state index in [0.717, 1.165) is 16.9 Å². The van der Waals surface area contributed by atoms with E-state index in [2.05, 4.69) is 10.2 Å². The Morgan fingerprint density at radius 3 is 2.70 bits per heavy atom. The van der Waals surface area contributed by atoms with Gasteiger partial charge in [-0.05, 0) is 30.7 Å². The monoisotopic (exact) mass is 386 g/mol. The molecule has 2 aromatic rings. The average Bonchev–Trinajstić information content (AvgIpc) is 3.01. The molecule has 0 amide bonds. The second-order valence-corrected chi connectivity index (χ2v) is 7.02. The Labute approximate surface area is 161 Å². The SMILES string of the molecule is CCOC1=N[C@@H]2Nc3ccc(Cl)cc3N(C)[C@H]2[C@@H]1c1ccc([N+](=O)[O-])cc1. The summed E-state index contributed by atoms with van der Waals surface area (Å²) in [4.78, 5) is 17.5. The maximum Gasteiger partial charge on any atom is 0.269 e. The first-order valence-corrected chi connectivity index (χ1v) is 9.11. The summed E-state index contributed by atoms with van der Waals surface area (Å²) in [6.07, 6.45) is -0.176. The number of ether oxygens (including phenoxy) is 1. The zero-order valence-corrected chi connectivity index (χ0v) is 15.7. The van der Waals surface area contributed by atoms with Crippen LogP contribution in [0.5, 0.6) is 0 Å². The van der Waals surface area contributed by atoms with Crippen molar-refractivity contribution in [1.82, 2.24) is 0 Å². The number of fused-ring (bicyclic) bond motifs is 2. The molecule has 0 bridgehead atoms. The van der Waals surface area contributed by atoms with Gasteiger partial charge in [0.15, 0.2) is 5.90 Å². The fourth-order valence-corrected chi connectivity index (χ4v) is 4.00. The second kappa shape index (κ2) is 6.74. The molecule has 27 heavy (non-hydrogen) atoms. The topological polar surface area (TPSA) is 80.0 Å². The van der Waals surface area contributed by atoms with E-state index in [9.17, 15) is 10.1 Å². The van der Waals surface area contributed by atoms with Crippen LogP contribution in [0.25, 0.3) is 0 Å². The second-order valence-electron chi connectivity index (χ2n) is 6.58. The number of non-ortho nitro benzene ring substituents is 1. The number of halogens is 1. The number of benzene rings is 2. The molecule has 0 aliphatic carbocycles. The van der Waals surface area contributed by atoms with E-state index in [-0.39, 0.29) is 23.8 Å². The molecule has 140 valence electrons. The Morgan fingerprint density at radius 1 is 1.30 bits per heavy atom. The molecule has 7 nitrogen and oxygen atoms in total. The highest BCUT2D eigenvalue weighted by Gasteiger charge is 2.46. The predicted octanol–water partition coefficient (Wildman–Crippen LogP) is 4.04. The van der Waals surface area contributed by atoms with Gasteiger partial charge >= 0.3 is 0 Å². The molecular formula is C19H19ClN4O3. The molecule has 0 radical (unpaired) electrons. The minimum Gasteiger partial charge on any atom is -0.481 e. The van der Waals surface area contributed by atoms with Crippen LogP contribution < -0.4 is 10.2 Å². The lowest BCUT2D eigenvalue weighted by Gasteiger charge is -2.40. The van der Waals surface area contributed by atoms with Crippen molar-refractivity contribution < 1.29 is 9.66 Å². The largest absolute Gasteiger partial charge is 0.481 e. The van der Waals surface area contributed by atoms with Crippen molar-refractivity contribution in [2.75, 3.05) is 23.9 Å². The summed E-state index contributed by atoms with van der Waals surface area (Å²) in [7, 11) is 2.01.